The average molecular weight is 280 g/mol. The van der Waals surface area contributed by atoms with Gasteiger partial charge in [0.25, 0.3) is 0 Å². The number of hydrogen-bond donors (Lipinski definition) is 0. The van der Waals surface area contributed by atoms with Crippen LogP contribution in [-0.2, 0) is 9.59 Å². The number of carbonyl (C=O) groups excluding carboxylic acids is 2. The quantitative estimate of drug-likeness (QED) is 0.796. The van der Waals surface area contributed by atoms with Gasteiger partial charge in [0.15, 0.2) is 0 Å². The average Bonchev–Trinajstić information content (AvgIpc) is 2.75. The van der Waals surface area contributed by atoms with E-state index in [1.54, 1.807) is 0 Å². The summed E-state index contributed by atoms with van der Waals surface area (Å²) < 4.78 is 0. The zero-order valence-electron chi connectivity index (χ0n) is 12.9. The summed E-state index contributed by atoms with van der Waals surface area (Å²) in [6.45, 7) is 6.59. The molecular weight excluding hydrogens is 252 g/mol. The molecule has 0 aliphatic carbocycles. The molecule has 0 radical (unpaired) electrons. The second kappa shape index (κ2) is 7.09. The first-order chi connectivity index (χ1) is 9.61. The van der Waals surface area contributed by atoms with Gasteiger partial charge in [-0.2, -0.15) is 0 Å². The van der Waals surface area contributed by atoms with Gasteiger partial charge < -0.3 is 9.80 Å². The van der Waals surface area contributed by atoms with Crippen LogP contribution in [0.1, 0.15) is 58.8 Å². The van der Waals surface area contributed by atoms with E-state index >= 15 is 0 Å². The van der Waals surface area contributed by atoms with E-state index in [4.69, 9.17) is 0 Å². The van der Waals surface area contributed by atoms with Crippen molar-refractivity contribution in [2.75, 3.05) is 19.6 Å². The Labute approximate surface area is 122 Å². The summed E-state index contributed by atoms with van der Waals surface area (Å²) in [5.41, 5.74) is 0. The zero-order chi connectivity index (χ0) is 14.5. The first-order valence-corrected chi connectivity index (χ1v) is 8.19. The van der Waals surface area contributed by atoms with Crippen LogP contribution in [0.2, 0.25) is 0 Å². The van der Waals surface area contributed by atoms with E-state index in [-0.39, 0.29) is 23.8 Å². The molecule has 0 spiro atoms. The topological polar surface area (TPSA) is 40.6 Å². The molecule has 1 unspecified atom stereocenters. The minimum atomic E-state index is -0.246. The smallest absolute Gasteiger partial charge is 0.245 e. The lowest BCUT2D eigenvalue weighted by atomic mass is 10.00. The minimum absolute atomic E-state index is 0.157. The predicted molar refractivity (Wildman–Crippen MR) is 79.2 cm³/mol. The van der Waals surface area contributed by atoms with E-state index in [1.807, 2.05) is 9.80 Å². The number of nitrogens with zero attached hydrogens (tertiary/aromatic N) is 2. The third kappa shape index (κ3) is 3.53. The summed E-state index contributed by atoms with van der Waals surface area (Å²) in [6.07, 6.45) is 7.44. The molecule has 4 nitrogen and oxygen atoms in total. The molecule has 1 atom stereocenters. The largest absolute Gasteiger partial charge is 0.341 e. The summed E-state index contributed by atoms with van der Waals surface area (Å²) >= 11 is 0. The maximum Gasteiger partial charge on any atom is 0.245 e. The lowest BCUT2D eigenvalue weighted by Gasteiger charge is -2.35. The molecule has 2 amide bonds. The Balaban J connectivity index is 2.07. The molecule has 0 N–H and O–H groups in total. The van der Waals surface area contributed by atoms with E-state index in [0.717, 1.165) is 38.9 Å². The van der Waals surface area contributed by atoms with Gasteiger partial charge in [-0.1, -0.05) is 33.1 Å². The van der Waals surface area contributed by atoms with Crippen LogP contribution in [0.4, 0.5) is 0 Å². The van der Waals surface area contributed by atoms with Crippen molar-refractivity contribution in [3.05, 3.63) is 0 Å². The van der Waals surface area contributed by atoms with Gasteiger partial charge in [-0.05, 0) is 25.2 Å². The summed E-state index contributed by atoms with van der Waals surface area (Å²) in [5, 5.41) is 0. The Hall–Kier alpha value is -1.06. The Morgan fingerprint density at radius 3 is 2.05 bits per heavy atom. The van der Waals surface area contributed by atoms with Crippen LogP contribution in [0.3, 0.4) is 0 Å². The molecule has 0 bridgehead atoms. The standard InChI is InChI=1S/C16H28N2O2/c1-13(2)15(18-12-8-9-14(18)19)16(20)17-10-6-4-3-5-7-11-17/h13,15H,3-12H2,1-2H3. The molecule has 2 aliphatic heterocycles. The Morgan fingerprint density at radius 1 is 0.950 bits per heavy atom. The van der Waals surface area contributed by atoms with E-state index in [1.165, 1.54) is 19.3 Å². The highest BCUT2D eigenvalue weighted by atomic mass is 16.2. The van der Waals surface area contributed by atoms with E-state index in [2.05, 4.69) is 13.8 Å². The van der Waals surface area contributed by atoms with Gasteiger partial charge in [0, 0.05) is 26.1 Å². The summed E-state index contributed by atoms with van der Waals surface area (Å²) in [6, 6.07) is -0.246. The van der Waals surface area contributed by atoms with Crippen LogP contribution in [-0.4, -0.2) is 47.3 Å². The first kappa shape index (κ1) is 15.3. The molecule has 0 aromatic heterocycles. The number of rotatable bonds is 3. The van der Waals surface area contributed by atoms with Crippen LogP contribution in [0.5, 0.6) is 0 Å². The first-order valence-electron chi connectivity index (χ1n) is 8.19. The van der Waals surface area contributed by atoms with E-state index in [9.17, 15) is 9.59 Å². The predicted octanol–water partition coefficient (Wildman–Crippen LogP) is 2.43. The third-order valence-corrected chi connectivity index (χ3v) is 4.50. The molecule has 2 aliphatic rings. The fourth-order valence-corrected chi connectivity index (χ4v) is 3.40. The Kier molecular flexibility index (Phi) is 5.44. The summed E-state index contributed by atoms with van der Waals surface area (Å²) in [7, 11) is 0. The number of likely N-dealkylation sites (tertiary alicyclic amines) is 2. The third-order valence-electron chi connectivity index (χ3n) is 4.50. The van der Waals surface area contributed by atoms with Crippen molar-refractivity contribution >= 4 is 11.8 Å². The van der Waals surface area contributed by atoms with Crippen molar-refractivity contribution in [1.82, 2.24) is 9.80 Å². The molecule has 2 heterocycles. The van der Waals surface area contributed by atoms with Gasteiger partial charge in [-0.3, -0.25) is 9.59 Å². The molecular formula is C16H28N2O2. The monoisotopic (exact) mass is 280 g/mol. The maximum atomic E-state index is 12.9. The molecule has 0 saturated carbocycles. The molecule has 20 heavy (non-hydrogen) atoms. The molecule has 0 aromatic carbocycles. The minimum Gasteiger partial charge on any atom is -0.341 e. The lowest BCUT2D eigenvalue weighted by Crippen LogP contribution is -2.52. The fourth-order valence-electron chi connectivity index (χ4n) is 3.40. The van der Waals surface area contributed by atoms with Crippen molar-refractivity contribution in [3.63, 3.8) is 0 Å². The molecule has 0 aromatic rings. The highest BCUT2D eigenvalue weighted by Gasteiger charge is 2.37. The van der Waals surface area contributed by atoms with Gasteiger partial charge in [-0.15, -0.1) is 0 Å². The van der Waals surface area contributed by atoms with Crippen LogP contribution in [0, 0.1) is 5.92 Å². The highest BCUT2D eigenvalue weighted by Crippen LogP contribution is 2.22. The molecule has 2 rings (SSSR count). The highest BCUT2D eigenvalue weighted by molar-refractivity contribution is 5.88. The maximum absolute atomic E-state index is 12.9. The fraction of sp³-hybridized carbons (Fsp3) is 0.875. The van der Waals surface area contributed by atoms with E-state index in [0.29, 0.717) is 6.42 Å². The van der Waals surface area contributed by atoms with Gasteiger partial charge in [-0.25, -0.2) is 0 Å². The Morgan fingerprint density at radius 2 is 1.55 bits per heavy atom. The van der Waals surface area contributed by atoms with Crippen molar-refractivity contribution < 1.29 is 9.59 Å². The molecule has 4 heteroatoms. The normalized spacial score (nSPS) is 22.9. The second-order valence-electron chi connectivity index (χ2n) is 6.47. The van der Waals surface area contributed by atoms with Crippen LogP contribution in [0.15, 0.2) is 0 Å². The van der Waals surface area contributed by atoms with Crippen molar-refractivity contribution in [2.24, 2.45) is 5.92 Å². The SMILES string of the molecule is CC(C)C(C(=O)N1CCCCCCC1)N1CCCC1=O. The summed E-state index contributed by atoms with van der Waals surface area (Å²) in [5.74, 6) is 0.524. The van der Waals surface area contributed by atoms with Gasteiger partial charge >= 0.3 is 0 Å². The second-order valence-corrected chi connectivity index (χ2v) is 6.47. The van der Waals surface area contributed by atoms with Crippen molar-refractivity contribution in [1.29, 1.82) is 0 Å². The van der Waals surface area contributed by atoms with Crippen molar-refractivity contribution in [2.45, 2.75) is 64.8 Å². The number of carbonyl (C=O) groups is 2. The van der Waals surface area contributed by atoms with Crippen LogP contribution < -0.4 is 0 Å². The molecule has 2 saturated heterocycles. The zero-order valence-corrected chi connectivity index (χ0v) is 12.9. The molecule has 114 valence electrons. The van der Waals surface area contributed by atoms with Crippen molar-refractivity contribution in [3.8, 4) is 0 Å². The summed E-state index contributed by atoms with van der Waals surface area (Å²) in [4.78, 5) is 28.7. The van der Waals surface area contributed by atoms with Gasteiger partial charge in [0.05, 0.1) is 0 Å². The van der Waals surface area contributed by atoms with Gasteiger partial charge in [0.2, 0.25) is 11.8 Å². The Bertz CT molecular complexity index is 346. The van der Waals surface area contributed by atoms with Crippen LogP contribution >= 0.6 is 0 Å². The lowest BCUT2D eigenvalue weighted by molar-refractivity contribution is -0.145. The van der Waals surface area contributed by atoms with E-state index < -0.39 is 0 Å². The number of hydrogen-bond acceptors (Lipinski definition) is 2. The number of amides is 2. The molecule has 2 fully saturated rings. The van der Waals surface area contributed by atoms with Gasteiger partial charge in [0.1, 0.15) is 6.04 Å². The van der Waals surface area contributed by atoms with Crippen LogP contribution in [0.25, 0.3) is 0 Å².